The van der Waals surface area contributed by atoms with Gasteiger partial charge in [-0.2, -0.15) is 9.57 Å². The van der Waals surface area contributed by atoms with Gasteiger partial charge in [-0.25, -0.2) is 8.42 Å². The van der Waals surface area contributed by atoms with E-state index in [4.69, 9.17) is 0 Å². The summed E-state index contributed by atoms with van der Waals surface area (Å²) in [4.78, 5) is 14.6. The Morgan fingerprint density at radius 3 is 2.00 bits per heavy atom. The molecule has 0 spiro atoms. The normalized spacial score (nSPS) is 14.7. The average Bonchev–Trinajstić information content (AvgIpc) is 2.84. The topological polar surface area (TPSA) is 81.5 Å². The molecule has 3 aromatic carbocycles. The van der Waals surface area contributed by atoms with Gasteiger partial charge in [0.05, 0.1) is 10.5 Å². The summed E-state index contributed by atoms with van der Waals surface area (Å²) in [5.74, 6) is -0.117. The molecule has 1 saturated heterocycles. The van der Waals surface area contributed by atoms with Crippen LogP contribution >= 0.6 is 0 Å². The summed E-state index contributed by atoms with van der Waals surface area (Å²) in [6.45, 7) is 0.978. The minimum absolute atomic E-state index is 0.00813. The van der Waals surface area contributed by atoms with Crippen LogP contribution in [0.15, 0.2) is 83.8 Å². The fraction of sp³-hybridized carbons (Fsp3) is 0.167. The van der Waals surface area contributed by atoms with Gasteiger partial charge in [0.1, 0.15) is 6.07 Å². The van der Waals surface area contributed by atoms with Crippen molar-refractivity contribution in [2.45, 2.75) is 4.90 Å². The summed E-state index contributed by atoms with van der Waals surface area (Å²) >= 11 is 0. The third-order valence-corrected chi connectivity index (χ3v) is 7.35. The second-order valence-electron chi connectivity index (χ2n) is 7.25. The van der Waals surface area contributed by atoms with Crippen LogP contribution in [-0.2, 0) is 10.0 Å². The predicted octanol–water partition coefficient (Wildman–Crippen LogP) is 3.37. The molecule has 3 aromatic rings. The van der Waals surface area contributed by atoms with E-state index < -0.39 is 10.0 Å². The molecule has 31 heavy (non-hydrogen) atoms. The smallest absolute Gasteiger partial charge is 0.253 e. The highest BCUT2D eigenvalue weighted by Crippen LogP contribution is 2.23. The van der Waals surface area contributed by atoms with Crippen LogP contribution in [0.2, 0.25) is 0 Å². The Morgan fingerprint density at radius 2 is 1.35 bits per heavy atom. The number of carbonyl (C=O) groups excluding carboxylic acids is 1. The molecule has 0 saturated carbocycles. The minimum Gasteiger partial charge on any atom is -0.336 e. The molecule has 4 rings (SSSR count). The van der Waals surface area contributed by atoms with E-state index in [1.54, 1.807) is 29.2 Å². The summed E-state index contributed by atoms with van der Waals surface area (Å²) < 4.78 is 27.3. The maximum atomic E-state index is 13.0. The average molecular weight is 432 g/mol. The summed E-state index contributed by atoms with van der Waals surface area (Å²) in [7, 11) is -3.78. The number of hydrogen-bond acceptors (Lipinski definition) is 4. The molecule has 1 amide bonds. The van der Waals surface area contributed by atoms with Gasteiger partial charge in [-0.05, 0) is 35.4 Å². The lowest BCUT2D eigenvalue weighted by molar-refractivity contribution is 0.0698. The van der Waals surface area contributed by atoms with Crippen LogP contribution in [0, 0.1) is 11.3 Å². The van der Waals surface area contributed by atoms with Gasteiger partial charge >= 0.3 is 0 Å². The Morgan fingerprint density at radius 1 is 0.774 bits per heavy atom. The third-order valence-electron chi connectivity index (χ3n) is 5.39. The molecule has 1 aliphatic heterocycles. The number of nitriles is 1. The van der Waals surface area contributed by atoms with E-state index in [0.29, 0.717) is 18.7 Å². The van der Waals surface area contributed by atoms with Crippen molar-refractivity contribution in [3.05, 3.63) is 90.0 Å². The number of benzene rings is 3. The number of piperazine rings is 1. The molecule has 1 heterocycles. The first kappa shape index (κ1) is 20.8. The molecule has 0 atom stereocenters. The highest BCUT2D eigenvalue weighted by atomic mass is 32.2. The number of amides is 1. The van der Waals surface area contributed by atoms with Crippen molar-refractivity contribution >= 4 is 15.9 Å². The highest BCUT2D eigenvalue weighted by Gasteiger charge is 2.31. The van der Waals surface area contributed by atoms with Crippen LogP contribution in [0.4, 0.5) is 0 Å². The highest BCUT2D eigenvalue weighted by molar-refractivity contribution is 7.89. The van der Waals surface area contributed by atoms with Gasteiger partial charge in [-0.15, -0.1) is 0 Å². The van der Waals surface area contributed by atoms with Gasteiger partial charge in [0, 0.05) is 31.7 Å². The number of hydrogen-bond donors (Lipinski definition) is 0. The molecule has 0 bridgehead atoms. The van der Waals surface area contributed by atoms with Crippen molar-refractivity contribution in [1.29, 1.82) is 5.26 Å². The second kappa shape index (κ2) is 8.72. The fourth-order valence-corrected chi connectivity index (χ4v) is 5.24. The molecular weight excluding hydrogens is 410 g/mol. The Hall–Kier alpha value is -3.47. The van der Waals surface area contributed by atoms with E-state index in [1.165, 1.54) is 16.4 Å². The number of rotatable bonds is 4. The summed E-state index contributed by atoms with van der Waals surface area (Å²) in [6.07, 6.45) is 0. The van der Waals surface area contributed by atoms with Crippen LogP contribution in [0.1, 0.15) is 15.9 Å². The maximum Gasteiger partial charge on any atom is 0.253 e. The third kappa shape index (κ3) is 4.22. The van der Waals surface area contributed by atoms with Crippen molar-refractivity contribution in [1.82, 2.24) is 9.21 Å². The molecule has 1 fully saturated rings. The quantitative estimate of drug-likeness (QED) is 0.634. The maximum absolute atomic E-state index is 13.0. The van der Waals surface area contributed by atoms with E-state index in [1.807, 2.05) is 48.5 Å². The summed E-state index contributed by atoms with van der Waals surface area (Å²) in [5.41, 5.74) is 2.81. The Kier molecular flexibility index (Phi) is 5.85. The Labute approximate surface area is 182 Å². The number of carbonyl (C=O) groups is 1. The van der Waals surface area contributed by atoms with Crippen molar-refractivity contribution in [3.63, 3.8) is 0 Å². The zero-order valence-corrected chi connectivity index (χ0v) is 17.6. The fourth-order valence-electron chi connectivity index (χ4n) is 3.67. The molecular formula is C24H21N3O3S. The van der Waals surface area contributed by atoms with Crippen LogP contribution in [0.3, 0.4) is 0 Å². The van der Waals surface area contributed by atoms with Gasteiger partial charge in [0.25, 0.3) is 5.91 Å². The first-order valence-electron chi connectivity index (χ1n) is 9.95. The van der Waals surface area contributed by atoms with Gasteiger partial charge in [0.2, 0.25) is 10.0 Å². The molecule has 0 unspecified atom stereocenters. The predicted molar refractivity (Wildman–Crippen MR) is 118 cm³/mol. The first-order chi connectivity index (χ1) is 15.0. The van der Waals surface area contributed by atoms with E-state index in [2.05, 4.69) is 0 Å². The van der Waals surface area contributed by atoms with E-state index in [-0.39, 0.29) is 29.5 Å². The van der Waals surface area contributed by atoms with Crippen LogP contribution in [0.25, 0.3) is 11.1 Å². The largest absolute Gasteiger partial charge is 0.336 e. The molecule has 0 aliphatic carbocycles. The molecule has 0 N–H and O–H groups in total. The summed E-state index contributed by atoms with van der Waals surface area (Å²) in [6, 6.07) is 25.5. The van der Waals surface area contributed by atoms with Crippen molar-refractivity contribution in [3.8, 4) is 17.2 Å². The van der Waals surface area contributed by atoms with Crippen LogP contribution in [-0.4, -0.2) is 49.7 Å². The zero-order valence-electron chi connectivity index (χ0n) is 16.8. The van der Waals surface area contributed by atoms with E-state index in [9.17, 15) is 18.5 Å². The monoisotopic (exact) mass is 431 g/mol. The molecule has 0 aromatic heterocycles. The SMILES string of the molecule is N#Cc1ccccc1S(=O)(=O)N1CCN(C(=O)c2ccc(-c3ccccc3)cc2)CC1. The van der Waals surface area contributed by atoms with Crippen molar-refractivity contribution < 1.29 is 13.2 Å². The molecule has 0 radical (unpaired) electrons. The van der Waals surface area contributed by atoms with Crippen LogP contribution < -0.4 is 0 Å². The number of nitrogens with zero attached hydrogens (tertiary/aromatic N) is 3. The van der Waals surface area contributed by atoms with E-state index >= 15 is 0 Å². The van der Waals surface area contributed by atoms with E-state index in [0.717, 1.165) is 11.1 Å². The van der Waals surface area contributed by atoms with Crippen molar-refractivity contribution in [2.24, 2.45) is 0 Å². The Bertz CT molecular complexity index is 1230. The molecule has 1 aliphatic rings. The van der Waals surface area contributed by atoms with Gasteiger partial charge in [0.15, 0.2) is 0 Å². The second-order valence-corrected chi connectivity index (χ2v) is 9.15. The van der Waals surface area contributed by atoms with Gasteiger partial charge < -0.3 is 4.90 Å². The lowest BCUT2D eigenvalue weighted by Crippen LogP contribution is -2.50. The lowest BCUT2D eigenvalue weighted by Gasteiger charge is -2.34. The minimum atomic E-state index is -3.78. The zero-order chi connectivity index (χ0) is 21.8. The lowest BCUT2D eigenvalue weighted by atomic mass is 10.0. The summed E-state index contributed by atoms with van der Waals surface area (Å²) in [5, 5.41) is 9.23. The molecule has 7 heteroatoms. The first-order valence-corrected chi connectivity index (χ1v) is 11.4. The van der Waals surface area contributed by atoms with Gasteiger partial charge in [-0.1, -0.05) is 54.6 Å². The Balaban J connectivity index is 1.44. The number of sulfonamides is 1. The van der Waals surface area contributed by atoms with Crippen molar-refractivity contribution in [2.75, 3.05) is 26.2 Å². The van der Waals surface area contributed by atoms with Gasteiger partial charge in [-0.3, -0.25) is 4.79 Å². The van der Waals surface area contributed by atoms with Crippen LogP contribution in [0.5, 0.6) is 0 Å². The molecule has 156 valence electrons. The molecule has 6 nitrogen and oxygen atoms in total. The standard InChI is InChI=1S/C24H21N3O3S/c25-18-22-8-4-5-9-23(22)31(29,30)27-16-14-26(15-17-27)24(28)21-12-10-20(11-13-21)19-6-2-1-3-7-19/h1-13H,14-17H2.